The molecule has 1 aromatic carbocycles. The molecule has 2 heterocycles. The van der Waals surface area contributed by atoms with Crippen molar-refractivity contribution in [3.63, 3.8) is 0 Å². The van der Waals surface area contributed by atoms with Crippen LogP contribution in [0.5, 0.6) is 0 Å². The number of nitrogens with zero attached hydrogens (tertiary/aromatic N) is 4. The average molecular weight is 246 g/mol. The van der Waals surface area contributed by atoms with E-state index in [-0.39, 0.29) is 0 Å². The van der Waals surface area contributed by atoms with Crippen LogP contribution in [0.1, 0.15) is 23.6 Å². The summed E-state index contributed by atoms with van der Waals surface area (Å²) in [6, 6.07) is 6.83. The largest absolute Gasteiger partial charge is 0.454 e. The fourth-order valence-corrected chi connectivity index (χ4v) is 1.62. The van der Waals surface area contributed by atoms with Crippen LogP contribution in [0.25, 0.3) is 0 Å². The van der Waals surface area contributed by atoms with E-state index in [1.807, 2.05) is 0 Å². The number of hydrogen-bond acceptors (Lipinski definition) is 6. The van der Waals surface area contributed by atoms with Crippen LogP contribution >= 0.6 is 0 Å². The Morgan fingerprint density at radius 3 is 1.78 bits per heavy atom. The van der Waals surface area contributed by atoms with E-state index in [2.05, 4.69) is 20.5 Å². The molecule has 0 spiro atoms. The molecule has 8 heteroatoms. The highest BCUT2D eigenvalue weighted by molar-refractivity contribution is 5.69. The van der Waals surface area contributed by atoms with Gasteiger partial charge < -0.3 is 9.47 Å². The lowest BCUT2D eigenvalue weighted by Gasteiger charge is -2.09. The molecule has 0 fully saturated rings. The van der Waals surface area contributed by atoms with Crippen molar-refractivity contribution < 1.29 is 19.1 Å². The lowest BCUT2D eigenvalue weighted by atomic mass is 10.1. The second kappa shape index (κ2) is 3.99. The maximum atomic E-state index is 10.8. The predicted molar refractivity (Wildman–Crippen MR) is 54.6 cm³/mol. The SMILES string of the molecule is O=C1N=NC(c2cccc(C3N=NC(=O)O3)c2)O1. The Morgan fingerprint density at radius 1 is 0.889 bits per heavy atom. The van der Waals surface area contributed by atoms with Crippen molar-refractivity contribution in [3.05, 3.63) is 35.4 Å². The molecule has 90 valence electrons. The number of hydrogen-bond donors (Lipinski definition) is 0. The van der Waals surface area contributed by atoms with Crippen molar-refractivity contribution in [2.75, 3.05) is 0 Å². The Balaban J connectivity index is 1.86. The summed E-state index contributed by atoms with van der Waals surface area (Å²) in [6.07, 6.45) is -2.97. The van der Waals surface area contributed by atoms with Gasteiger partial charge in [-0.05, 0) is 6.07 Å². The third-order valence-electron chi connectivity index (χ3n) is 2.39. The zero-order valence-electron chi connectivity index (χ0n) is 8.89. The molecule has 2 aliphatic rings. The standard InChI is InChI=1S/C10H6N4O4/c15-9-13-11-7(17-9)5-2-1-3-6(4-5)8-12-14-10(16)18-8/h1-4,7-8H. The van der Waals surface area contributed by atoms with Gasteiger partial charge in [0.25, 0.3) is 0 Å². The number of benzene rings is 1. The van der Waals surface area contributed by atoms with Crippen LogP contribution in [0.3, 0.4) is 0 Å². The van der Waals surface area contributed by atoms with E-state index in [9.17, 15) is 9.59 Å². The molecule has 0 aromatic heterocycles. The fourth-order valence-electron chi connectivity index (χ4n) is 1.62. The Labute approximate surface area is 100 Å². The first kappa shape index (κ1) is 10.5. The minimum atomic E-state index is -0.758. The van der Waals surface area contributed by atoms with Crippen molar-refractivity contribution in [1.29, 1.82) is 0 Å². The second-order valence-corrected chi connectivity index (χ2v) is 3.57. The molecule has 2 aliphatic heterocycles. The van der Waals surface area contributed by atoms with Gasteiger partial charge in [-0.25, -0.2) is 9.59 Å². The van der Waals surface area contributed by atoms with Crippen molar-refractivity contribution in [2.45, 2.75) is 12.5 Å². The fraction of sp³-hybridized carbons (Fsp3) is 0.200. The third kappa shape index (κ3) is 1.83. The molecular weight excluding hydrogens is 240 g/mol. The van der Waals surface area contributed by atoms with Gasteiger partial charge in [-0.2, -0.15) is 0 Å². The Morgan fingerprint density at radius 2 is 1.39 bits per heavy atom. The van der Waals surface area contributed by atoms with Gasteiger partial charge in [0.2, 0.25) is 12.5 Å². The number of amides is 2. The van der Waals surface area contributed by atoms with Crippen LogP contribution in [0, 0.1) is 0 Å². The van der Waals surface area contributed by atoms with Crippen LogP contribution in [0.15, 0.2) is 44.7 Å². The summed E-state index contributed by atoms with van der Waals surface area (Å²) in [4.78, 5) is 21.7. The third-order valence-corrected chi connectivity index (χ3v) is 2.39. The van der Waals surface area contributed by atoms with Gasteiger partial charge in [-0.1, -0.05) is 28.4 Å². The van der Waals surface area contributed by atoms with Gasteiger partial charge in [0.1, 0.15) is 0 Å². The molecule has 18 heavy (non-hydrogen) atoms. The van der Waals surface area contributed by atoms with Crippen molar-refractivity contribution in [2.24, 2.45) is 20.5 Å². The smallest absolute Gasteiger partial charge is 0.415 e. The number of ether oxygens (including phenoxy) is 2. The van der Waals surface area contributed by atoms with Crippen LogP contribution < -0.4 is 0 Å². The molecular formula is C10H6N4O4. The minimum Gasteiger partial charge on any atom is -0.415 e. The van der Waals surface area contributed by atoms with Crippen LogP contribution in [-0.2, 0) is 9.47 Å². The molecule has 2 atom stereocenters. The average Bonchev–Trinajstić information content (AvgIpc) is 2.98. The van der Waals surface area contributed by atoms with Crippen molar-refractivity contribution >= 4 is 12.2 Å². The molecule has 2 unspecified atom stereocenters. The quantitative estimate of drug-likeness (QED) is 0.800. The zero-order valence-corrected chi connectivity index (χ0v) is 8.89. The van der Waals surface area contributed by atoms with Crippen LogP contribution in [0.2, 0.25) is 0 Å². The Kier molecular flexibility index (Phi) is 2.33. The monoisotopic (exact) mass is 246 g/mol. The number of rotatable bonds is 2. The Hall–Kier alpha value is -2.64. The molecule has 8 nitrogen and oxygen atoms in total. The van der Waals surface area contributed by atoms with Crippen molar-refractivity contribution in [3.8, 4) is 0 Å². The normalized spacial score (nSPS) is 25.3. The lowest BCUT2D eigenvalue weighted by Crippen LogP contribution is -2.02. The maximum absolute atomic E-state index is 10.8. The first-order valence-corrected chi connectivity index (χ1v) is 5.05. The van der Waals surface area contributed by atoms with E-state index in [4.69, 9.17) is 9.47 Å². The van der Waals surface area contributed by atoms with Gasteiger partial charge in [0.05, 0.1) is 0 Å². The number of carbonyl (C=O) groups is 2. The molecule has 0 aliphatic carbocycles. The molecule has 1 aromatic rings. The zero-order chi connectivity index (χ0) is 12.5. The molecule has 0 saturated heterocycles. The van der Waals surface area contributed by atoms with Gasteiger partial charge >= 0.3 is 12.2 Å². The van der Waals surface area contributed by atoms with E-state index in [1.54, 1.807) is 24.3 Å². The summed E-state index contributed by atoms with van der Waals surface area (Å²) in [5, 5.41) is 13.9. The van der Waals surface area contributed by atoms with E-state index >= 15 is 0 Å². The van der Waals surface area contributed by atoms with Crippen LogP contribution in [-0.4, -0.2) is 12.2 Å². The second-order valence-electron chi connectivity index (χ2n) is 3.57. The van der Waals surface area contributed by atoms with Crippen LogP contribution in [0.4, 0.5) is 9.59 Å². The lowest BCUT2D eigenvalue weighted by molar-refractivity contribution is 0.130. The predicted octanol–water partition coefficient (Wildman–Crippen LogP) is 2.89. The topological polar surface area (TPSA) is 102 Å². The highest BCUT2D eigenvalue weighted by Gasteiger charge is 2.25. The van der Waals surface area contributed by atoms with Gasteiger partial charge in [-0.15, -0.1) is 10.2 Å². The highest BCUT2D eigenvalue weighted by atomic mass is 16.6. The van der Waals surface area contributed by atoms with E-state index in [0.29, 0.717) is 11.1 Å². The van der Waals surface area contributed by atoms with E-state index in [1.165, 1.54) is 0 Å². The first-order valence-electron chi connectivity index (χ1n) is 5.05. The summed E-state index contributed by atoms with van der Waals surface area (Å²) in [6.45, 7) is 0. The maximum Gasteiger partial charge on any atom is 0.454 e. The summed E-state index contributed by atoms with van der Waals surface area (Å²) in [5.74, 6) is 0. The molecule has 2 amide bonds. The molecule has 0 bridgehead atoms. The molecule has 0 N–H and O–H groups in total. The van der Waals surface area contributed by atoms with Gasteiger partial charge in [0.15, 0.2) is 0 Å². The van der Waals surface area contributed by atoms with E-state index in [0.717, 1.165) is 0 Å². The van der Waals surface area contributed by atoms with Gasteiger partial charge in [0, 0.05) is 11.1 Å². The molecule has 3 rings (SSSR count). The molecule has 0 saturated carbocycles. The first-order chi connectivity index (χ1) is 8.72. The van der Waals surface area contributed by atoms with Crippen molar-refractivity contribution in [1.82, 2.24) is 0 Å². The molecule has 0 radical (unpaired) electrons. The summed E-state index contributed by atoms with van der Waals surface area (Å²) in [5.41, 5.74) is 1.25. The minimum absolute atomic E-state index is 0.625. The van der Waals surface area contributed by atoms with E-state index < -0.39 is 24.6 Å². The number of cyclic esters (lactones) is 2. The van der Waals surface area contributed by atoms with Gasteiger partial charge in [-0.3, -0.25) is 0 Å². The number of carbonyl (C=O) groups excluding carboxylic acids is 2. The number of azo groups is 2. The summed E-state index contributed by atoms with van der Waals surface area (Å²) >= 11 is 0. The Bertz CT molecular complexity index is 536. The summed E-state index contributed by atoms with van der Waals surface area (Å²) < 4.78 is 9.70. The highest BCUT2D eigenvalue weighted by Crippen LogP contribution is 2.30. The summed E-state index contributed by atoms with van der Waals surface area (Å²) in [7, 11) is 0.